The van der Waals surface area contributed by atoms with E-state index in [0.717, 1.165) is 52.2 Å². The van der Waals surface area contributed by atoms with Crippen LogP contribution in [0.5, 0.6) is 0 Å². The molecule has 1 saturated heterocycles. The third kappa shape index (κ3) is 6.64. The standard InChI is InChI=1S/C31H37FN6O3/c1-19-28-26(36-29(33)35-19)15-21(24-10-9-22(32)17-25(24)20-7-5-12-34-18-20)16-27(28)37-40-14-11-23-8-6-13-38(23)30(39)41-31(2,3)4/h5,7,9-10,12,17-18,21,23H,6,8,11,13-16H2,1-4H3,(H2,33,35,36)/b37-27+/t21?,23-/m0/s1. The summed E-state index contributed by atoms with van der Waals surface area (Å²) in [7, 11) is 0. The number of halogens is 1. The van der Waals surface area contributed by atoms with Gasteiger partial charge in [0.25, 0.3) is 0 Å². The molecule has 1 unspecified atom stereocenters. The monoisotopic (exact) mass is 560 g/mol. The van der Waals surface area contributed by atoms with Crippen molar-refractivity contribution in [1.82, 2.24) is 19.9 Å². The van der Waals surface area contributed by atoms with E-state index in [2.05, 4.69) is 20.1 Å². The second kappa shape index (κ2) is 11.8. The van der Waals surface area contributed by atoms with Crippen LogP contribution in [0.25, 0.3) is 11.1 Å². The van der Waals surface area contributed by atoms with Crippen LogP contribution in [0.1, 0.15) is 74.9 Å². The number of rotatable bonds is 6. The van der Waals surface area contributed by atoms with E-state index in [0.29, 0.717) is 32.4 Å². The number of oxime groups is 1. The SMILES string of the molecule is Cc1nc(N)nc2c1/C(=N/OCC[C@@H]1CCCN1C(=O)OC(C)(C)C)CC(c1ccc(F)cc1-c1cccnc1)C2. The second-order valence-electron chi connectivity index (χ2n) is 11.7. The number of hydrogen-bond donors (Lipinski definition) is 1. The lowest BCUT2D eigenvalue weighted by Gasteiger charge is -2.29. The number of nitrogens with zero attached hydrogens (tertiary/aromatic N) is 5. The van der Waals surface area contributed by atoms with Gasteiger partial charge in [-0.15, -0.1) is 0 Å². The predicted molar refractivity (Wildman–Crippen MR) is 155 cm³/mol. The predicted octanol–water partition coefficient (Wildman–Crippen LogP) is 5.81. The third-order valence-corrected chi connectivity index (χ3v) is 7.50. The zero-order valence-corrected chi connectivity index (χ0v) is 24.1. The Bertz CT molecular complexity index is 1440. The van der Waals surface area contributed by atoms with Gasteiger partial charge in [0, 0.05) is 48.9 Å². The molecule has 216 valence electrons. The number of aromatic nitrogens is 3. The van der Waals surface area contributed by atoms with Crippen LogP contribution in [-0.2, 0) is 16.0 Å². The van der Waals surface area contributed by atoms with E-state index >= 15 is 0 Å². The first-order valence-corrected chi connectivity index (χ1v) is 14.1. The zero-order chi connectivity index (χ0) is 29.1. The van der Waals surface area contributed by atoms with Crippen molar-refractivity contribution in [2.45, 2.75) is 77.4 Å². The van der Waals surface area contributed by atoms with Crippen LogP contribution in [-0.4, -0.2) is 56.5 Å². The maximum absolute atomic E-state index is 14.4. The molecule has 2 atom stereocenters. The van der Waals surface area contributed by atoms with Crippen molar-refractivity contribution in [2.24, 2.45) is 5.16 Å². The number of nitrogen functional groups attached to an aromatic ring is 1. The fraction of sp³-hybridized carbons (Fsp3) is 0.452. The molecule has 1 amide bonds. The molecule has 2 N–H and O–H groups in total. The Labute approximate surface area is 240 Å². The van der Waals surface area contributed by atoms with Crippen LogP contribution in [0, 0.1) is 12.7 Å². The third-order valence-electron chi connectivity index (χ3n) is 7.50. The highest BCUT2D eigenvalue weighted by atomic mass is 19.1. The molecular formula is C31H37FN6O3. The Morgan fingerprint density at radius 3 is 2.80 bits per heavy atom. The van der Waals surface area contributed by atoms with Crippen molar-refractivity contribution >= 4 is 17.8 Å². The van der Waals surface area contributed by atoms with Crippen molar-refractivity contribution in [3.8, 4) is 11.1 Å². The summed E-state index contributed by atoms with van der Waals surface area (Å²) in [5, 5.41) is 4.58. The molecule has 41 heavy (non-hydrogen) atoms. The quantitative estimate of drug-likeness (QED) is 0.299. The lowest BCUT2D eigenvalue weighted by Crippen LogP contribution is -2.40. The zero-order valence-electron chi connectivity index (χ0n) is 24.1. The van der Waals surface area contributed by atoms with E-state index < -0.39 is 5.60 Å². The Hall–Kier alpha value is -4.08. The number of likely N-dealkylation sites (tertiary alicyclic amines) is 1. The number of amides is 1. The van der Waals surface area contributed by atoms with Gasteiger partial charge in [0.2, 0.25) is 5.95 Å². The highest BCUT2D eigenvalue weighted by Crippen LogP contribution is 2.38. The molecule has 3 aromatic rings. The number of pyridine rings is 1. The van der Waals surface area contributed by atoms with E-state index in [1.807, 2.05) is 45.9 Å². The molecule has 0 saturated carbocycles. The smallest absolute Gasteiger partial charge is 0.410 e. The van der Waals surface area contributed by atoms with Crippen LogP contribution in [0.15, 0.2) is 47.9 Å². The summed E-state index contributed by atoms with van der Waals surface area (Å²) < 4.78 is 20.0. The van der Waals surface area contributed by atoms with Gasteiger partial charge in [-0.2, -0.15) is 0 Å². The molecular weight excluding hydrogens is 523 g/mol. The van der Waals surface area contributed by atoms with Gasteiger partial charge in [-0.3, -0.25) is 4.98 Å². The Kier molecular flexibility index (Phi) is 8.19. The minimum atomic E-state index is -0.539. The fourth-order valence-corrected chi connectivity index (χ4v) is 5.79. The highest BCUT2D eigenvalue weighted by Gasteiger charge is 2.33. The molecule has 0 bridgehead atoms. The van der Waals surface area contributed by atoms with Gasteiger partial charge in [-0.1, -0.05) is 17.3 Å². The molecule has 0 spiro atoms. The number of fused-ring (bicyclic) bond motifs is 1. The lowest BCUT2D eigenvalue weighted by molar-refractivity contribution is 0.0192. The van der Waals surface area contributed by atoms with E-state index in [4.69, 9.17) is 15.3 Å². The number of ether oxygens (including phenoxy) is 1. The first kappa shape index (κ1) is 28.4. The molecule has 0 radical (unpaired) electrons. The molecule has 2 aliphatic rings. The van der Waals surface area contributed by atoms with Gasteiger partial charge in [0.1, 0.15) is 18.0 Å². The number of anilines is 1. The van der Waals surface area contributed by atoms with E-state index in [9.17, 15) is 9.18 Å². The second-order valence-corrected chi connectivity index (χ2v) is 11.7. The van der Waals surface area contributed by atoms with Gasteiger partial charge in [0.15, 0.2) is 0 Å². The molecule has 1 aliphatic heterocycles. The van der Waals surface area contributed by atoms with Crippen molar-refractivity contribution < 1.29 is 18.8 Å². The number of nitrogens with two attached hydrogens (primary N) is 1. The molecule has 1 fully saturated rings. The van der Waals surface area contributed by atoms with Gasteiger partial charge in [-0.05, 0) is 82.2 Å². The van der Waals surface area contributed by atoms with Gasteiger partial charge >= 0.3 is 6.09 Å². The minimum absolute atomic E-state index is 0.0353. The molecule has 2 aromatic heterocycles. The van der Waals surface area contributed by atoms with Gasteiger partial charge in [0.05, 0.1) is 17.1 Å². The largest absolute Gasteiger partial charge is 0.444 e. The highest BCUT2D eigenvalue weighted by molar-refractivity contribution is 6.03. The summed E-state index contributed by atoms with van der Waals surface area (Å²) >= 11 is 0. The molecule has 3 heterocycles. The average Bonchev–Trinajstić information content (AvgIpc) is 3.39. The maximum atomic E-state index is 14.4. The normalized spacial score (nSPS) is 19.7. The summed E-state index contributed by atoms with van der Waals surface area (Å²) in [5.41, 5.74) is 11.2. The number of carbonyl (C=O) groups excluding carboxylic acids is 1. The first-order chi connectivity index (χ1) is 19.6. The van der Waals surface area contributed by atoms with Crippen molar-refractivity contribution in [3.05, 3.63) is 71.1 Å². The van der Waals surface area contributed by atoms with Crippen LogP contribution >= 0.6 is 0 Å². The van der Waals surface area contributed by atoms with Crippen molar-refractivity contribution in [2.75, 3.05) is 18.9 Å². The average molecular weight is 561 g/mol. The number of aryl methyl sites for hydroxylation is 1. The van der Waals surface area contributed by atoms with Crippen LogP contribution in [0.3, 0.4) is 0 Å². The Balaban J connectivity index is 1.37. The van der Waals surface area contributed by atoms with Crippen molar-refractivity contribution in [1.29, 1.82) is 0 Å². The summed E-state index contributed by atoms with van der Waals surface area (Å²) in [6, 6.07) is 8.67. The summed E-state index contributed by atoms with van der Waals surface area (Å²) in [6.45, 7) is 8.53. The molecule has 1 aliphatic carbocycles. The lowest BCUT2D eigenvalue weighted by atomic mass is 9.78. The van der Waals surface area contributed by atoms with Gasteiger partial charge in [-0.25, -0.2) is 19.2 Å². The molecule has 9 nitrogen and oxygen atoms in total. The van der Waals surface area contributed by atoms with Crippen LogP contribution < -0.4 is 5.73 Å². The minimum Gasteiger partial charge on any atom is -0.444 e. The van der Waals surface area contributed by atoms with Gasteiger partial charge < -0.3 is 20.2 Å². The number of benzene rings is 1. The number of hydrogen-bond acceptors (Lipinski definition) is 8. The van der Waals surface area contributed by atoms with Crippen LogP contribution in [0.4, 0.5) is 15.1 Å². The Morgan fingerprint density at radius 2 is 2.05 bits per heavy atom. The van der Waals surface area contributed by atoms with Crippen LogP contribution in [0.2, 0.25) is 0 Å². The van der Waals surface area contributed by atoms with E-state index in [1.165, 1.54) is 6.07 Å². The topological polar surface area (TPSA) is 116 Å². The molecule has 5 rings (SSSR count). The molecule has 10 heteroatoms. The summed E-state index contributed by atoms with van der Waals surface area (Å²) in [6.07, 6.45) is 6.79. The van der Waals surface area contributed by atoms with Crippen molar-refractivity contribution in [3.63, 3.8) is 0 Å². The molecule has 1 aromatic carbocycles. The van der Waals surface area contributed by atoms with E-state index in [1.54, 1.807) is 23.4 Å². The summed E-state index contributed by atoms with van der Waals surface area (Å²) in [4.78, 5) is 33.5. The number of carbonyl (C=O) groups is 1. The first-order valence-electron chi connectivity index (χ1n) is 14.1. The Morgan fingerprint density at radius 1 is 1.22 bits per heavy atom. The van der Waals surface area contributed by atoms with E-state index in [-0.39, 0.29) is 29.8 Å². The summed E-state index contributed by atoms with van der Waals surface area (Å²) in [5.74, 6) is -0.139. The maximum Gasteiger partial charge on any atom is 0.410 e. The fourth-order valence-electron chi connectivity index (χ4n) is 5.79.